The van der Waals surface area contributed by atoms with Gasteiger partial charge in [0.15, 0.2) is 0 Å². The van der Waals surface area contributed by atoms with Gasteiger partial charge in [-0.25, -0.2) is 13.5 Å². The van der Waals surface area contributed by atoms with Crippen LogP contribution in [0.1, 0.15) is 62.9 Å². The van der Waals surface area contributed by atoms with Crippen LogP contribution in [0.2, 0.25) is 0 Å². The Morgan fingerprint density at radius 3 is 2.62 bits per heavy atom. The van der Waals surface area contributed by atoms with Crippen LogP contribution in [0.3, 0.4) is 0 Å². The highest BCUT2D eigenvalue weighted by atomic mass is 19.3. The number of piperidine rings is 1. The summed E-state index contributed by atoms with van der Waals surface area (Å²) in [5, 5.41) is 8.00. The Balaban J connectivity index is 1.47. The van der Waals surface area contributed by atoms with E-state index in [1.165, 1.54) is 10.2 Å². The summed E-state index contributed by atoms with van der Waals surface area (Å²) in [5.74, 6) is 0.924. The minimum atomic E-state index is -2.48. The van der Waals surface area contributed by atoms with Crippen LogP contribution in [0.15, 0.2) is 30.3 Å². The zero-order valence-electron chi connectivity index (χ0n) is 19.4. The third kappa shape index (κ3) is 4.81. The fourth-order valence-corrected chi connectivity index (χ4v) is 4.81. The van der Waals surface area contributed by atoms with E-state index in [-0.39, 0.29) is 23.3 Å². The summed E-state index contributed by atoms with van der Waals surface area (Å²) in [7, 11) is 0. The molecule has 1 saturated heterocycles. The Morgan fingerprint density at radius 1 is 1.25 bits per heavy atom. The summed E-state index contributed by atoms with van der Waals surface area (Å²) in [5.41, 5.74) is 2.78. The first-order chi connectivity index (χ1) is 15.1. The fourth-order valence-electron chi connectivity index (χ4n) is 4.81. The second kappa shape index (κ2) is 8.83. The van der Waals surface area contributed by atoms with Gasteiger partial charge < -0.3 is 10.2 Å². The molecule has 3 atom stereocenters. The number of aryl methyl sites for hydroxylation is 1. The number of rotatable bonds is 4. The van der Waals surface area contributed by atoms with Gasteiger partial charge in [-0.3, -0.25) is 4.79 Å². The normalized spacial score (nSPS) is 23.7. The topological polar surface area (TPSA) is 50.2 Å². The number of fused-ring (bicyclic) bond motifs is 1. The van der Waals surface area contributed by atoms with Crippen LogP contribution in [-0.4, -0.2) is 46.1 Å². The van der Waals surface area contributed by atoms with Gasteiger partial charge in [-0.2, -0.15) is 5.10 Å². The maximum Gasteiger partial charge on any atom is 0.260 e. The van der Waals surface area contributed by atoms with Crippen LogP contribution in [0.4, 0.5) is 14.6 Å². The SMILES string of the molecule is Cc1ccc(CC(=O)N2CCC[C@@H]([C@@H]3C[C@H](C(F)F)n4nc(C(C)(C)C)cc4N3)C2)cc1. The van der Waals surface area contributed by atoms with Crippen LogP contribution in [-0.2, 0) is 16.6 Å². The van der Waals surface area contributed by atoms with E-state index in [1.807, 2.05) is 62.9 Å². The van der Waals surface area contributed by atoms with Crippen LogP contribution >= 0.6 is 0 Å². The number of aromatic nitrogens is 2. The first-order valence-corrected chi connectivity index (χ1v) is 11.6. The van der Waals surface area contributed by atoms with Crippen molar-refractivity contribution in [3.8, 4) is 0 Å². The van der Waals surface area contributed by atoms with Crippen molar-refractivity contribution in [1.29, 1.82) is 0 Å². The number of carbonyl (C=O) groups is 1. The molecule has 1 aromatic carbocycles. The molecule has 3 heterocycles. The lowest BCUT2D eigenvalue weighted by molar-refractivity contribution is -0.132. The number of nitrogens with zero attached hydrogens (tertiary/aromatic N) is 3. The Labute approximate surface area is 189 Å². The third-order valence-electron chi connectivity index (χ3n) is 6.79. The largest absolute Gasteiger partial charge is 0.367 e. The molecule has 1 aromatic heterocycles. The molecular formula is C25H34F2N4O. The summed E-state index contributed by atoms with van der Waals surface area (Å²) >= 11 is 0. The van der Waals surface area contributed by atoms with Crippen molar-refractivity contribution in [2.24, 2.45) is 5.92 Å². The number of halogens is 2. The van der Waals surface area contributed by atoms with Gasteiger partial charge in [0.2, 0.25) is 5.91 Å². The Morgan fingerprint density at radius 2 is 1.97 bits per heavy atom. The summed E-state index contributed by atoms with van der Waals surface area (Å²) < 4.78 is 29.4. The van der Waals surface area contributed by atoms with Gasteiger partial charge in [0.25, 0.3) is 6.43 Å². The lowest BCUT2D eigenvalue weighted by Crippen LogP contribution is -2.48. The molecule has 174 valence electrons. The molecule has 0 radical (unpaired) electrons. The molecule has 0 aliphatic carbocycles. The van der Waals surface area contributed by atoms with E-state index in [9.17, 15) is 13.6 Å². The average molecular weight is 445 g/mol. The number of carbonyl (C=O) groups excluding carboxylic acids is 1. The van der Waals surface area contributed by atoms with Crippen molar-refractivity contribution < 1.29 is 13.6 Å². The summed E-state index contributed by atoms with van der Waals surface area (Å²) in [6.07, 6.45) is 0.0535. The molecular weight excluding hydrogens is 410 g/mol. The van der Waals surface area contributed by atoms with Gasteiger partial charge in [-0.15, -0.1) is 0 Å². The van der Waals surface area contributed by atoms with Gasteiger partial charge in [0, 0.05) is 30.6 Å². The van der Waals surface area contributed by atoms with Crippen molar-refractivity contribution >= 4 is 11.7 Å². The summed E-state index contributed by atoms with van der Waals surface area (Å²) in [4.78, 5) is 14.9. The molecule has 4 rings (SSSR count). The molecule has 5 nitrogen and oxygen atoms in total. The summed E-state index contributed by atoms with van der Waals surface area (Å²) in [6, 6.07) is 8.91. The quantitative estimate of drug-likeness (QED) is 0.725. The van der Waals surface area contributed by atoms with E-state index in [1.54, 1.807) is 0 Å². The second-order valence-electron chi connectivity index (χ2n) is 10.4. The zero-order valence-corrected chi connectivity index (χ0v) is 19.4. The Kier molecular flexibility index (Phi) is 6.28. The van der Waals surface area contributed by atoms with E-state index in [0.29, 0.717) is 25.2 Å². The van der Waals surface area contributed by atoms with Gasteiger partial charge in [0.05, 0.1) is 12.1 Å². The third-order valence-corrected chi connectivity index (χ3v) is 6.79. The number of benzene rings is 1. The van der Waals surface area contributed by atoms with E-state index >= 15 is 0 Å². The Bertz CT molecular complexity index is 948. The van der Waals surface area contributed by atoms with Crippen LogP contribution in [0.25, 0.3) is 0 Å². The highest BCUT2D eigenvalue weighted by molar-refractivity contribution is 5.78. The molecule has 1 N–H and O–H groups in total. The number of anilines is 1. The van der Waals surface area contributed by atoms with Crippen LogP contribution < -0.4 is 5.32 Å². The van der Waals surface area contributed by atoms with E-state index in [2.05, 4.69) is 10.4 Å². The average Bonchev–Trinajstić information content (AvgIpc) is 3.19. The number of hydrogen-bond donors (Lipinski definition) is 1. The standard InChI is InChI=1S/C25H34F2N4O/c1-16-7-9-17(10-8-16)12-23(32)30-11-5-6-18(15-30)19-13-20(24(26)27)31-22(28-19)14-21(29-31)25(2,3)4/h7-10,14,18-20,24,28H,5-6,11-13,15H2,1-4H3/t18-,19+,20-/m1/s1. The monoisotopic (exact) mass is 444 g/mol. The molecule has 7 heteroatoms. The van der Waals surface area contributed by atoms with Crippen LogP contribution in [0, 0.1) is 12.8 Å². The lowest BCUT2D eigenvalue weighted by Gasteiger charge is -2.41. The van der Waals surface area contributed by atoms with Crippen molar-refractivity contribution in [2.75, 3.05) is 18.4 Å². The van der Waals surface area contributed by atoms with Crippen molar-refractivity contribution in [2.45, 2.75) is 77.3 Å². The predicted octanol–water partition coefficient (Wildman–Crippen LogP) is 4.96. The predicted molar refractivity (Wildman–Crippen MR) is 122 cm³/mol. The molecule has 32 heavy (non-hydrogen) atoms. The zero-order chi connectivity index (χ0) is 23.0. The van der Waals surface area contributed by atoms with E-state index in [0.717, 1.165) is 30.6 Å². The number of alkyl halides is 2. The van der Waals surface area contributed by atoms with Crippen molar-refractivity contribution in [3.05, 3.63) is 47.2 Å². The molecule has 1 amide bonds. The smallest absolute Gasteiger partial charge is 0.260 e. The maximum absolute atomic E-state index is 14.0. The molecule has 2 aromatic rings. The molecule has 2 aliphatic heterocycles. The van der Waals surface area contributed by atoms with E-state index in [4.69, 9.17) is 0 Å². The number of hydrogen-bond acceptors (Lipinski definition) is 3. The van der Waals surface area contributed by atoms with Gasteiger partial charge in [-0.1, -0.05) is 50.6 Å². The molecule has 0 saturated carbocycles. The highest BCUT2D eigenvalue weighted by Crippen LogP contribution is 2.38. The fraction of sp³-hybridized carbons (Fsp3) is 0.600. The molecule has 1 fully saturated rings. The Hall–Kier alpha value is -2.44. The second-order valence-corrected chi connectivity index (χ2v) is 10.4. The lowest BCUT2D eigenvalue weighted by atomic mass is 9.85. The minimum absolute atomic E-state index is 0.0963. The van der Waals surface area contributed by atoms with Gasteiger partial charge in [0.1, 0.15) is 11.9 Å². The minimum Gasteiger partial charge on any atom is -0.367 e. The first-order valence-electron chi connectivity index (χ1n) is 11.6. The number of nitrogens with one attached hydrogen (secondary N) is 1. The summed E-state index contributed by atoms with van der Waals surface area (Å²) in [6.45, 7) is 9.48. The maximum atomic E-state index is 14.0. The van der Waals surface area contributed by atoms with Crippen LogP contribution in [0.5, 0.6) is 0 Å². The van der Waals surface area contributed by atoms with Gasteiger partial charge >= 0.3 is 0 Å². The van der Waals surface area contributed by atoms with Crippen molar-refractivity contribution in [3.63, 3.8) is 0 Å². The molecule has 0 bridgehead atoms. The number of amides is 1. The first kappa shape index (κ1) is 22.7. The van der Waals surface area contributed by atoms with Crippen molar-refractivity contribution in [1.82, 2.24) is 14.7 Å². The van der Waals surface area contributed by atoms with E-state index < -0.39 is 12.5 Å². The highest BCUT2D eigenvalue weighted by Gasteiger charge is 2.39. The molecule has 0 spiro atoms. The molecule has 0 unspecified atom stereocenters. The number of likely N-dealkylation sites (tertiary alicyclic amines) is 1. The van der Waals surface area contributed by atoms with Gasteiger partial charge in [-0.05, 0) is 37.7 Å². The molecule has 2 aliphatic rings.